The van der Waals surface area contributed by atoms with Crippen LogP contribution in [0.5, 0.6) is 0 Å². The van der Waals surface area contributed by atoms with Crippen molar-refractivity contribution in [2.24, 2.45) is 11.1 Å². The van der Waals surface area contributed by atoms with Crippen molar-refractivity contribution in [3.8, 4) is 0 Å². The Balaban J connectivity index is 2.35. The lowest BCUT2D eigenvalue weighted by Gasteiger charge is -2.35. The normalized spacial score (nSPS) is 15.2. The highest BCUT2D eigenvalue weighted by Gasteiger charge is 2.31. The second kappa shape index (κ2) is 5.90. The van der Waals surface area contributed by atoms with Gasteiger partial charge in [-0.15, -0.1) is 0 Å². The van der Waals surface area contributed by atoms with Crippen molar-refractivity contribution in [3.63, 3.8) is 0 Å². The van der Waals surface area contributed by atoms with E-state index < -0.39 is 0 Å². The summed E-state index contributed by atoms with van der Waals surface area (Å²) in [4.78, 5) is 4.49. The third kappa shape index (κ3) is 3.17. The molecule has 1 heterocycles. The maximum absolute atomic E-state index is 6.44. The van der Waals surface area contributed by atoms with E-state index in [0.717, 1.165) is 16.5 Å². The first-order valence-corrected chi connectivity index (χ1v) is 7.15. The quantitative estimate of drug-likeness (QED) is 0.923. The minimum absolute atomic E-state index is 0.0128. The summed E-state index contributed by atoms with van der Waals surface area (Å²) in [6, 6.07) is 10.0. The molecule has 2 atom stereocenters. The van der Waals surface area contributed by atoms with Gasteiger partial charge in [-0.1, -0.05) is 39.0 Å². The lowest BCUT2D eigenvalue weighted by Crippen LogP contribution is -2.39. The van der Waals surface area contributed by atoms with E-state index in [1.54, 1.807) is 0 Å². The molecule has 0 spiro atoms. The van der Waals surface area contributed by atoms with Gasteiger partial charge in [0.15, 0.2) is 0 Å². The Labute approximate surface area is 121 Å². The number of pyridine rings is 1. The Kier molecular flexibility index (Phi) is 4.41. The van der Waals surface area contributed by atoms with Crippen LogP contribution in [0.3, 0.4) is 0 Å². The van der Waals surface area contributed by atoms with Crippen molar-refractivity contribution in [1.82, 2.24) is 4.98 Å². The molecule has 1 aromatic heterocycles. The highest BCUT2D eigenvalue weighted by molar-refractivity contribution is 5.78. The number of fused-ring (bicyclic) bond motifs is 1. The number of hydrogen-bond acceptors (Lipinski definition) is 3. The average molecular weight is 272 g/mol. The predicted octanol–water partition coefficient (Wildman–Crippen LogP) is 3.69. The van der Waals surface area contributed by atoms with Crippen LogP contribution in [0.2, 0.25) is 0 Å². The number of nitrogens with two attached hydrogens (primary N) is 1. The van der Waals surface area contributed by atoms with Crippen LogP contribution in [-0.4, -0.2) is 17.7 Å². The van der Waals surface area contributed by atoms with E-state index in [1.807, 2.05) is 31.3 Å². The minimum atomic E-state index is -0.174. The van der Waals surface area contributed by atoms with Crippen LogP contribution in [0.25, 0.3) is 10.9 Å². The van der Waals surface area contributed by atoms with E-state index in [2.05, 4.69) is 37.9 Å². The summed E-state index contributed by atoms with van der Waals surface area (Å²) in [6.45, 7) is 9.13. The second-order valence-electron chi connectivity index (χ2n) is 6.23. The van der Waals surface area contributed by atoms with Crippen LogP contribution in [0.1, 0.15) is 39.3 Å². The van der Waals surface area contributed by atoms with Crippen molar-refractivity contribution in [1.29, 1.82) is 0 Å². The molecule has 0 bridgehead atoms. The monoisotopic (exact) mass is 272 g/mol. The van der Waals surface area contributed by atoms with Gasteiger partial charge in [-0.2, -0.15) is 0 Å². The molecule has 2 rings (SSSR count). The van der Waals surface area contributed by atoms with Gasteiger partial charge >= 0.3 is 0 Å². The number of nitrogens with zero attached hydrogens (tertiary/aromatic N) is 1. The van der Waals surface area contributed by atoms with Gasteiger partial charge in [0.1, 0.15) is 0 Å². The number of hydrogen-bond donors (Lipinski definition) is 1. The van der Waals surface area contributed by atoms with E-state index in [1.165, 1.54) is 0 Å². The second-order valence-corrected chi connectivity index (χ2v) is 6.23. The zero-order valence-electron chi connectivity index (χ0n) is 12.8. The Morgan fingerprint density at radius 1 is 1.25 bits per heavy atom. The van der Waals surface area contributed by atoms with Gasteiger partial charge in [0.25, 0.3) is 0 Å². The van der Waals surface area contributed by atoms with Gasteiger partial charge in [0.05, 0.1) is 17.7 Å². The van der Waals surface area contributed by atoms with Crippen LogP contribution in [0.15, 0.2) is 36.5 Å². The maximum atomic E-state index is 6.44. The molecule has 3 nitrogen and oxygen atoms in total. The molecular formula is C17H24N2O. The van der Waals surface area contributed by atoms with E-state index in [9.17, 15) is 0 Å². The number of benzene rings is 1. The van der Waals surface area contributed by atoms with Gasteiger partial charge in [0.2, 0.25) is 0 Å². The van der Waals surface area contributed by atoms with Gasteiger partial charge in [-0.3, -0.25) is 4.98 Å². The van der Waals surface area contributed by atoms with Gasteiger partial charge in [-0.25, -0.2) is 0 Å². The zero-order valence-corrected chi connectivity index (χ0v) is 12.8. The standard InChI is InChI=1S/C17H24N2O/c1-5-20-16(17(2,3)4)15(18)13-10-12-8-6-7-9-14(12)19-11-13/h6-11,15-16H,5,18H2,1-4H3. The Morgan fingerprint density at radius 3 is 2.60 bits per heavy atom. The molecule has 0 aliphatic carbocycles. The summed E-state index contributed by atoms with van der Waals surface area (Å²) in [5, 5.41) is 1.12. The van der Waals surface area contributed by atoms with Crippen LogP contribution in [0.4, 0.5) is 0 Å². The summed E-state index contributed by atoms with van der Waals surface area (Å²) in [5.41, 5.74) is 8.44. The Bertz CT molecular complexity index is 574. The topological polar surface area (TPSA) is 48.1 Å². The SMILES string of the molecule is CCOC(C(N)c1cnc2ccccc2c1)C(C)(C)C. The molecular weight excluding hydrogens is 248 g/mol. The molecule has 1 aromatic carbocycles. The molecule has 0 radical (unpaired) electrons. The third-order valence-corrected chi connectivity index (χ3v) is 3.52. The van der Waals surface area contributed by atoms with Crippen molar-refractivity contribution in [2.45, 2.75) is 39.8 Å². The molecule has 20 heavy (non-hydrogen) atoms. The van der Waals surface area contributed by atoms with E-state index in [0.29, 0.717) is 6.61 Å². The summed E-state index contributed by atoms with van der Waals surface area (Å²) < 4.78 is 5.88. The summed E-state index contributed by atoms with van der Waals surface area (Å²) in [5.74, 6) is 0. The largest absolute Gasteiger partial charge is 0.376 e. The van der Waals surface area contributed by atoms with Crippen LogP contribution in [-0.2, 0) is 4.74 Å². The lowest BCUT2D eigenvalue weighted by molar-refractivity contribution is -0.0283. The summed E-state index contributed by atoms with van der Waals surface area (Å²) in [6.07, 6.45) is 1.83. The van der Waals surface area contributed by atoms with Crippen molar-refractivity contribution in [3.05, 3.63) is 42.1 Å². The van der Waals surface area contributed by atoms with Gasteiger partial charge < -0.3 is 10.5 Å². The molecule has 0 fully saturated rings. The molecule has 0 saturated carbocycles. The number of rotatable bonds is 4. The predicted molar refractivity (Wildman–Crippen MR) is 83.5 cm³/mol. The van der Waals surface area contributed by atoms with E-state index >= 15 is 0 Å². The molecule has 0 aliphatic heterocycles. The minimum Gasteiger partial charge on any atom is -0.376 e. The molecule has 3 heteroatoms. The van der Waals surface area contributed by atoms with Crippen molar-refractivity contribution >= 4 is 10.9 Å². The molecule has 2 aromatic rings. The first-order valence-electron chi connectivity index (χ1n) is 7.15. The maximum Gasteiger partial charge on any atom is 0.0816 e. The molecule has 108 valence electrons. The van der Waals surface area contributed by atoms with Gasteiger partial charge in [-0.05, 0) is 30.0 Å². The molecule has 0 amide bonds. The highest BCUT2D eigenvalue weighted by atomic mass is 16.5. The first-order chi connectivity index (χ1) is 9.43. The first kappa shape index (κ1) is 14.9. The zero-order chi connectivity index (χ0) is 14.8. The van der Waals surface area contributed by atoms with E-state index in [-0.39, 0.29) is 17.6 Å². The highest BCUT2D eigenvalue weighted by Crippen LogP contribution is 2.32. The molecule has 2 N–H and O–H groups in total. The van der Waals surface area contributed by atoms with Crippen molar-refractivity contribution in [2.75, 3.05) is 6.61 Å². The number of para-hydroxylation sites is 1. The van der Waals surface area contributed by atoms with Crippen molar-refractivity contribution < 1.29 is 4.74 Å². The van der Waals surface area contributed by atoms with Crippen LogP contribution < -0.4 is 5.73 Å². The number of aromatic nitrogens is 1. The fraction of sp³-hybridized carbons (Fsp3) is 0.471. The molecule has 0 aliphatic rings. The molecule has 0 saturated heterocycles. The summed E-state index contributed by atoms with van der Waals surface area (Å²) in [7, 11) is 0. The third-order valence-electron chi connectivity index (χ3n) is 3.52. The smallest absolute Gasteiger partial charge is 0.0816 e. The van der Waals surface area contributed by atoms with Crippen LogP contribution >= 0.6 is 0 Å². The van der Waals surface area contributed by atoms with E-state index in [4.69, 9.17) is 10.5 Å². The average Bonchev–Trinajstić information content (AvgIpc) is 2.42. The Morgan fingerprint density at radius 2 is 1.95 bits per heavy atom. The fourth-order valence-electron chi connectivity index (χ4n) is 2.52. The molecule has 2 unspecified atom stereocenters. The van der Waals surface area contributed by atoms with Crippen LogP contribution in [0, 0.1) is 5.41 Å². The summed E-state index contributed by atoms with van der Waals surface area (Å²) >= 11 is 0. The fourth-order valence-corrected chi connectivity index (χ4v) is 2.52. The Hall–Kier alpha value is -1.45. The van der Waals surface area contributed by atoms with Gasteiger partial charge in [0, 0.05) is 18.2 Å². The number of ether oxygens (including phenoxy) is 1. The lowest BCUT2D eigenvalue weighted by atomic mass is 9.82.